The molecular weight excluding hydrogens is 220 g/mol. The molecule has 0 saturated heterocycles. The molecule has 82 valence electrons. The molecule has 0 saturated carbocycles. The number of carboxylic acid groups (broad SMARTS) is 1. The SMILES string of the molecule is CN(c1cc(C(=O)O)ccn1)S(C)(=O)=O. The van der Waals surface area contributed by atoms with Crippen LogP contribution in [0, 0.1) is 0 Å². The van der Waals surface area contributed by atoms with Gasteiger partial charge in [0.15, 0.2) is 0 Å². The Morgan fingerprint density at radius 3 is 2.60 bits per heavy atom. The monoisotopic (exact) mass is 230 g/mol. The second-order valence-corrected chi connectivity index (χ2v) is 4.95. The molecule has 0 aliphatic carbocycles. The van der Waals surface area contributed by atoms with Crippen LogP contribution >= 0.6 is 0 Å². The fourth-order valence-corrected chi connectivity index (χ4v) is 1.33. The maximum atomic E-state index is 11.2. The van der Waals surface area contributed by atoms with E-state index in [1.165, 1.54) is 25.4 Å². The minimum absolute atomic E-state index is 0.00417. The van der Waals surface area contributed by atoms with E-state index in [1.807, 2.05) is 0 Å². The third-order valence-electron chi connectivity index (χ3n) is 1.81. The van der Waals surface area contributed by atoms with Crippen LogP contribution in [0.1, 0.15) is 10.4 Å². The molecule has 1 aromatic rings. The number of carbonyl (C=O) groups is 1. The van der Waals surface area contributed by atoms with Gasteiger partial charge in [-0.2, -0.15) is 0 Å². The van der Waals surface area contributed by atoms with E-state index in [9.17, 15) is 13.2 Å². The van der Waals surface area contributed by atoms with Crippen molar-refractivity contribution in [3.63, 3.8) is 0 Å². The Morgan fingerprint density at radius 2 is 2.13 bits per heavy atom. The summed E-state index contributed by atoms with van der Waals surface area (Å²) in [7, 11) is -2.11. The molecule has 0 fully saturated rings. The van der Waals surface area contributed by atoms with Gasteiger partial charge in [0.1, 0.15) is 5.82 Å². The number of pyridine rings is 1. The molecule has 0 radical (unpaired) electrons. The molecular formula is C8H10N2O4S. The van der Waals surface area contributed by atoms with Crippen molar-refractivity contribution in [1.82, 2.24) is 4.98 Å². The van der Waals surface area contributed by atoms with Crippen molar-refractivity contribution in [2.75, 3.05) is 17.6 Å². The standard InChI is InChI=1S/C8H10N2O4S/c1-10(15(2,13)14)7-5-6(8(11)12)3-4-9-7/h3-5H,1-2H3,(H,11,12). The molecule has 0 amide bonds. The van der Waals surface area contributed by atoms with Gasteiger partial charge in [0.05, 0.1) is 11.8 Å². The highest BCUT2D eigenvalue weighted by Gasteiger charge is 2.14. The zero-order valence-corrected chi connectivity index (χ0v) is 9.02. The van der Waals surface area contributed by atoms with Gasteiger partial charge in [-0.25, -0.2) is 18.2 Å². The highest BCUT2D eigenvalue weighted by molar-refractivity contribution is 7.92. The van der Waals surface area contributed by atoms with Gasteiger partial charge in [-0.3, -0.25) is 4.31 Å². The van der Waals surface area contributed by atoms with Gasteiger partial charge in [-0.05, 0) is 12.1 Å². The normalized spacial score (nSPS) is 11.1. The van der Waals surface area contributed by atoms with Crippen LogP contribution in [0.15, 0.2) is 18.3 Å². The first kappa shape index (κ1) is 11.4. The number of hydrogen-bond acceptors (Lipinski definition) is 4. The van der Waals surface area contributed by atoms with Gasteiger partial charge in [-0.15, -0.1) is 0 Å². The van der Waals surface area contributed by atoms with Gasteiger partial charge in [-0.1, -0.05) is 0 Å². The van der Waals surface area contributed by atoms with E-state index in [-0.39, 0.29) is 11.4 Å². The summed E-state index contributed by atoms with van der Waals surface area (Å²) in [5.74, 6) is -1.04. The lowest BCUT2D eigenvalue weighted by molar-refractivity contribution is 0.0697. The van der Waals surface area contributed by atoms with Gasteiger partial charge in [0.2, 0.25) is 10.0 Å². The lowest BCUT2D eigenvalue weighted by Gasteiger charge is -2.15. The van der Waals surface area contributed by atoms with Crippen LogP contribution in [0.4, 0.5) is 5.82 Å². The molecule has 1 N–H and O–H groups in total. The molecule has 7 heteroatoms. The smallest absolute Gasteiger partial charge is 0.335 e. The Morgan fingerprint density at radius 1 is 1.53 bits per heavy atom. The maximum Gasteiger partial charge on any atom is 0.335 e. The highest BCUT2D eigenvalue weighted by atomic mass is 32.2. The zero-order chi connectivity index (χ0) is 11.6. The van der Waals surface area contributed by atoms with Gasteiger partial charge >= 0.3 is 5.97 Å². The fraction of sp³-hybridized carbons (Fsp3) is 0.250. The van der Waals surface area contributed by atoms with E-state index in [0.717, 1.165) is 10.6 Å². The number of aromatic carboxylic acids is 1. The first-order chi connectivity index (χ1) is 6.82. The predicted molar refractivity (Wildman–Crippen MR) is 54.4 cm³/mol. The van der Waals surface area contributed by atoms with Crippen LogP contribution in [0.2, 0.25) is 0 Å². The number of carboxylic acids is 1. The summed E-state index contributed by atoms with van der Waals surface area (Å²) in [6.45, 7) is 0. The number of anilines is 1. The largest absolute Gasteiger partial charge is 0.478 e. The van der Waals surface area contributed by atoms with Crippen LogP contribution in [0.3, 0.4) is 0 Å². The molecule has 0 unspecified atom stereocenters. The van der Waals surface area contributed by atoms with E-state index in [0.29, 0.717) is 0 Å². The summed E-state index contributed by atoms with van der Waals surface area (Å²) in [4.78, 5) is 14.4. The molecule has 0 atom stereocenters. The summed E-state index contributed by atoms with van der Waals surface area (Å²) in [5, 5.41) is 8.70. The molecule has 1 aromatic heterocycles. The van der Waals surface area contributed by atoms with Crippen LogP contribution in [0.5, 0.6) is 0 Å². The Bertz CT molecular complexity index is 483. The summed E-state index contributed by atoms with van der Waals surface area (Å²) >= 11 is 0. The third-order valence-corrected chi connectivity index (χ3v) is 2.99. The second kappa shape index (κ2) is 3.85. The van der Waals surface area contributed by atoms with Gasteiger partial charge in [0.25, 0.3) is 0 Å². The topological polar surface area (TPSA) is 87.6 Å². The first-order valence-corrected chi connectivity index (χ1v) is 5.80. The molecule has 1 rings (SSSR count). The number of sulfonamides is 1. The highest BCUT2D eigenvalue weighted by Crippen LogP contribution is 2.13. The summed E-state index contributed by atoms with van der Waals surface area (Å²) in [6, 6.07) is 2.49. The number of aromatic nitrogens is 1. The van der Waals surface area contributed by atoms with Crippen LogP contribution in [0.25, 0.3) is 0 Å². The number of nitrogens with zero attached hydrogens (tertiary/aromatic N) is 2. The Balaban J connectivity index is 3.17. The fourth-order valence-electron chi connectivity index (χ4n) is 0.894. The molecule has 0 aliphatic rings. The van der Waals surface area contributed by atoms with Crippen LogP contribution in [-0.2, 0) is 10.0 Å². The van der Waals surface area contributed by atoms with Gasteiger partial charge in [0, 0.05) is 13.2 Å². The van der Waals surface area contributed by atoms with E-state index in [1.54, 1.807) is 0 Å². The quantitative estimate of drug-likeness (QED) is 0.800. The minimum Gasteiger partial charge on any atom is -0.478 e. The zero-order valence-electron chi connectivity index (χ0n) is 8.21. The molecule has 0 bridgehead atoms. The van der Waals surface area contributed by atoms with Crippen molar-refractivity contribution in [3.8, 4) is 0 Å². The average molecular weight is 230 g/mol. The molecule has 1 heterocycles. The van der Waals surface area contributed by atoms with Crippen molar-refractivity contribution < 1.29 is 18.3 Å². The maximum absolute atomic E-state index is 11.2. The van der Waals surface area contributed by atoms with Crippen molar-refractivity contribution in [2.45, 2.75) is 0 Å². The molecule has 0 aromatic carbocycles. The predicted octanol–water partition coefficient (Wildman–Crippen LogP) is 0.176. The summed E-state index contributed by atoms with van der Waals surface area (Å²) in [5.41, 5.74) is -0.00417. The second-order valence-electron chi connectivity index (χ2n) is 2.94. The van der Waals surface area contributed by atoms with E-state index < -0.39 is 16.0 Å². The van der Waals surface area contributed by atoms with E-state index in [2.05, 4.69) is 4.98 Å². The molecule has 6 nitrogen and oxygen atoms in total. The average Bonchev–Trinajstić information content (AvgIpc) is 2.15. The minimum atomic E-state index is -3.42. The Hall–Kier alpha value is -1.63. The number of hydrogen-bond donors (Lipinski definition) is 1. The van der Waals surface area contributed by atoms with E-state index >= 15 is 0 Å². The van der Waals surface area contributed by atoms with E-state index in [4.69, 9.17) is 5.11 Å². The third kappa shape index (κ3) is 2.66. The lowest BCUT2D eigenvalue weighted by atomic mass is 10.3. The molecule has 0 spiro atoms. The summed E-state index contributed by atoms with van der Waals surface area (Å²) in [6.07, 6.45) is 2.27. The van der Waals surface area contributed by atoms with Crippen molar-refractivity contribution in [3.05, 3.63) is 23.9 Å². The summed E-state index contributed by atoms with van der Waals surface area (Å²) < 4.78 is 23.2. The molecule has 0 aliphatic heterocycles. The Labute approximate surface area is 87.2 Å². The van der Waals surface area contributed by atoms with Crippen molar-refractivity contribution in [1.29, 1.82) is 0 Å². The molecule has 15 heavy (non-hydrogen) atoms. The lowest BCUT2D eigenvalue weighted by Crippen LogP contribution is -2.25. The van der Waals surface area contributed by atoms with Crippen LogP contribution < -0.4 is 4.31 Å². The first-order valence-electron chi connectivity index (χ1n) is 3.95. The van der Waals surface area contributed by atoms with Crippen LogP contribution in [-0.4, -0.2) is 37.8 Å². The Kier molecular flexibility index (Phi) is 2.94. The van der Waals surface area contributed by atoms with Crippen molar-refractivity contribution >= 4 is 21.8 Å². The van der Waals surface area contributed by atoms with Crippen molar-refractivity contribution in [2.24, 2.45) is 0 Å². The number of rotatable bonds is 3. The van der Waals surface area contributed by atoms with Gasteiger partial charge < -0.3 is 5.11 Å².